The second kappa shape index (κ2) is 5.05. The molecular weight excluding hydrogens is 300 g/mol. The SMILES string of the molecule is O=C(c1c(F)ccc(S(=O)(=O)Cl)c1F)N1CCCC1. The van der Waals surface area contributed by atoms with Crippen molar-refractivity contribution in [3.8, 4) is 0 Å². The molecule has 0 spiro atoms. The van der Waals surface area contributed by atoms with E-state index in [1.165, 1.54) is 4.90 Å². The number of nitrogens with zero attached hydrogens (tertiary/aromatic N) is 1. The molecule has 1 heterocycles. The van der Waals surface area contributed by atoms with E-state index in [-0.39, 0.29) is 0 Å². The molecule has 104 valence electrons. The van der Waals surface area contributed by atoms with E-state index in [0.717, 1.165) is 18.9 Å². The molecule has 1 amide bonds. The fourth-order valence-corrected chi connectivity index (χ4v) is 2.90. The molecule has 0 saturated carbocycles. The molecule has 1 aliphatic rings. The Kier molecular flexibility index (Phi) is 3.78. The van der Waals surface area contributed by atoms with Gasteiger partial charge in [0.05, 0.1) is 0 Å². The van der Waals surface area contributed by atoms with E-state index in [2.05, 4.69) is 0 Å². The molecule has 1 saturated heterocycles. The molecule has 0 N–H and O–H groups in total. The van der Waals surface area contributed by atoms with Crippen LogP contribution in [0.15, 0.2) is 17.0 Å². The largest absolute Gasteiger partial charge is 0.338 e. The molecule has 2 rings (SSSR count). The Hall–Kier alpha value is -1.21. The van der Waals surface area contributed by atoms with Gasteiger partial charge in [0.15, 0.2) is 5.82 Å². The zero-order valence-corrected chi connectivity index (χ0v) is 11.3. The lowest BCUT2D eigenvalue weighted by Crippen LogP contribution is -2.29. The van der Waals surface area contributed by atoms with Crippen molar-refractivity contribution in [2.24, 2.45) is 0 Å². The predicted molar refractivity (Wildman–Crippen MR) is 64.5 cm³/mol. The Morgan fingerprint density at radius 3 is 2.32 bits per heavy atom. The molecular formula is C11H10ClF2NO3S. The van der Waals surface area contributed by atoms with Crippen LogP contribution in [0.25, 0.3) is 0 Å². The molecule has 0 bridgehead atoms. The molecule has 0 atom stereocenters. The molecule has 0 aliphatic carbocycles. The summed E-state index contributed by atoms with van der Waals surface area (Å²) in [6.07, 6.45) is 1.50. The molecule has 0 aromatic heterocycles. The van der Waals surface area contributed by atoms with Gasteiger partial charge in [-0.25, -0.2) is 17.2 Å². The van der Waals surface area contributed by atoms with Gasteiger partial charge in [0.1, 0.15) is 16.3 Å². The van der Waals surface area contributed by atoms with Crippen LogP contribution in [-0.4, -0.2) is 32.3 Å². The monoisotopic (exact) mass is 309 g/mol. The van der Waals surface area contributed by atoms with Gasteiger partial charge in [-0.2, -0.15) is 0 Å². The number of carbonyl (C=O) groups is 1. The second-order valence-corrected chi connectivity index (χ2v) is 6.71. The molecule has 1 aromatic carbocycles. The average molecular weight is 310 g/mol. The highest BCUT2D eigenvalue weighted by atomic mass is 35.7. The number of halogens is 3. The Bertz CT molecular complexity index is 627. The summed E-state index contributed by atoms with van der Waals surface area (Å²) in [7, 11) is 0.667. The van der Waals surface area contributed by atoms with Crippen LogP contribution >= 0.6 is 10.7 Å². The van der Waals surface area contributed by atoms with Gasteiger partial charge in [0.25, 0.3) is 15.0 Å². The van der Waals surface area contributed by atoms with E-state index in [9.17, 15) is 22.0 Å². The van der Waals surface area contributed by atoms with Crippen molar-refractivity contribution in [3.05, 3.63) is 29.3 Å². The van der Waals surface area contributed by atoms with E-state index in [1.54, 1.807) is 0 Å². The first-order valence-corrected chi connectivity index (χ1v) is 7.85. The van der Waals surface area contributed by atoms with Crippen LogP contribution in [0.2, 0.25) is 0 Å². The second-order valence-electron chi connectivity index (χ2n) is 4.17. The van der Waals surface area contributed by atoms with Crippen molar-refractivity contribution < 1.29 is 22.0 Å². The maximum absolute atomic E-state index is 14.0. The summed E-state index contributed by atoms with van der Waals surface area (Å²) in [5.74, 6) is -3.39. The summed E-state index contributed by atoms with van der Waals surface area (Å²) in [5, 5.41) is 0. The summed E-state index contributed by atoms with van der Waals surface area (Å²) < 4.78 is 49.9. The van der Waals surface area contributed by atoms with Crippen LogP contribution in [0.5, 0.6) is 0 Å². The molecule has 8 heteroatoms. The van der Waals surface area contributed by atoms with Gasteiger partial charge in [0, 0.05) is 23.8 Å². The number of carbonyl (C=O) groups excluding carboxylic acids is 1. The number of hydrogen-bond acceptors (Lipinski definition) is 3. The van der Waals surface area contributed by atoms with Crippen molar-refractivity contribution in [1.29, 1.82) is 0 Å². The summed E-state index contributed by atoms with van der Waals surface area (Å²) in [4.78, 5) is 12.4. The lowest BCUT2D eigenvalue weighted by Gasteiger charge is -2.16. The first kappa shape index (κ1) is 14.2. The van der Waals surface area contributed by atoms with Crippen molar-refractivity contribution in [2.75, 3.05) is 13.1 Å². The van der Waals surface area contributed by atoms with Gasteiger partial charge in [-0.05, 0) is 25.0 Å². The fourth-order valence-electron chi connectivity index (χ4n) is 2.00. The number of hydrogen-bond donors (Lipinski definition) is 0. The van der Waals surface area contributed by atoms with Crippen molar-refractivity contribution in [2.45, 2.75) is 17.7 Å². The Balaban J connectivity index is 2.53. The highest BCUT2D eigenvalue weighted by molar-refractivity contribution is 8.13. The van der Waals surface area contributed by atoms with Crippen LogP contribution in [0.1, 0.15) is 23.2 Å². The van der Waals surface area contributed by atoms with Gasteiger partial charge in [0.2, 0.25) is 0 Å². The standard InChI is InChI=1S/C11H10ClF2NO3S/c12-19(17,18)8-4-3-7(13)9(10(8)14)11(16)15-5-1-2-6-15/h3-4H,1-2,5-6H2. The summed E-state index contributed by atoms with van der Waals surface area (Å²) in [6.45, 7) is 0.797. The Labute approximate surface area is 113 Å². The Morgan fingerprint density at radius 2 is 1.79 bits per heavy atom. The van der Waals surface area contributed by atoms with Crippen molar-refractivity contribution in [3.63, 3.8) is 0 Å². The van der Waals surface area contributed by atoms with E-state index in [0.29, 0.717) is 19.2 Å². The first-order chi connectivity index (χ1) is 8.82. The summed E-state index contributed by atoms with van der Waals surface area (Å²) >= 11 is 0. The van der Waals surface area contributed by atoms with Gasteiger partial charge >= 0.3 is 0 Å². The highest BCUT2D eigenvalue weighted by Crippen LogP contribution is 2.25. The lowest BCUT2D eigenvalue weighted by atomic mass is 10.1. The quantitative estimate of drug-likeness (QED) is 0.786. The minimum absolute atomic E-state index is 0.398. The van der Waals surface area contributed by atoms with E-state index >= 15 is 0 Å². The fraction of sp³-hybridized carbons (Fsp3) is 0.364. The molecule has 1 fully saturated rings. The third-order valence-corrected chi connectivity index (χ3v) is 4.26. The first-order valence-electron chi connectivity index (χ1n) is 5.54. The zero-order valence-electron chi connectivity index (χ0n) is 9.70. The Morgan fingerprint density at radius 1 is 1.21 bits per heavy atom. The molecule has 19 heavy (non-hydrogen) atoms. The molecule has 1 aliphatic heterocycles. The van der Waals surface area contributed by atoms with Crippen LogP contribution in [0, 0.1) is 11.6 Å². The maximum Gasteiger partial charge on any atom is 0.264 e. The average Bonchev–Trinajstić information content (AvgIpc) is 2.80. The molecule has 1 aromatic rings. The normalized spacial score (nSPS) is 15.8. The number of amides is 1. The highest BCUT2D eigenvalue weighted by Gasteiger charge is 2.29. The topological polar surface area (TPSA) is 54.5 Å². The van der Waals surface area contributed by atoms with E-state index < -0.39 is 37.1 Å². The van der Waals surface area contributed by atoms with Crippen molar-refractivity contribution >= 4 is 25.6 Å². The van der Waals surface area contributed by atoms with Crippen molar-refractivity contribution in [1.82, 2.24) is 4.90 Å². The van der Waals surface area contributed by atoms with Crippen LogP contribution < -0.4 is 0 Å². The third-order valence-electron chi connectivity index (χ3n) is 2.93. The number of likely N-dealkylation sites (tertiary alicyclic amines) is 1. The third kappa shape index (κ3) is 2.71. The number of benzene rings is 1. The van der Waals surface area contributed by atoms with Gasteiger partial charge < -0.3 is 4.90 Å². The lowest BCUT2D eigenvalue weighted by molar-refractivity contribution is 0.0782. The zero-order chi connectivity index (χ0) is 14.2. The summed E-state index contributed by atoms with van der Waals surface area (Å²) in [5.41, 5.74) is -0.872. The minimum atomic E-state index is -4.37. The maximum atomic E-state index is 14.0. The van der Waals surface area contributed by atoms with Crippen LogP contribution in [0.3, 0.4) is 0 Å². The van der Waals surface area contributed by atoms with Crippen LogP contribution in [-0.2, 0) is 9.05 Å². The smallest absolute Gasteiger partial charge is 0.264 e. The molecule has 0 unspecified atom stereocenters. The number of rotatable bonds is 2. The van der Waals surface area contributed by atoms with E-state index in [1.807, 2.05) is 0 Å². The van der Waals surface area contributed by atoms with Gasteiger partial charge in [-0.3, -0.25) is 4.79 Å². The minimum Gasteiger partial charge on any atom is -0.338 e. The van der Waals surface area contributed by atoms with E-state index in [4.69, 9.17) is 10.7 Å². The molecule has 0 radical (unpaired) electrons. The van der Waals surface area contributed by atoms with Gasteiger partial charge in [-0.1, -0.05) is 0 Å². The predicted octanol–water partition coefficient (Wildman–Crippen LogP) is 2.13. The van der Waals surface area contributed by atoms with Gasteiger partial charge in [-0.15, -0.1) is 0 Å². The molecule has 4 nitrogen and oxygen atoms in total. The van der Waals surface area contributed by atoms with Crippen LogP contribution in [0.4, 0.5) is 8.78 Å². The summed E-state index contributed by atoms with van der Waals surface area (Å²) in [6, 6.07) is 1.43.